The topological polar surface area (TPSA) is 77.0 Å². The summed E-state index contributed by atoms with van der Waals surface area (Å²) in [7, 11) is 0. The van der Waals surface area contributed by atoms with Crippen LogP contribution in [0.15, 0.2) is 27.1 Å². The molecular weight excluding hydrogens is 283 g/mol. The number of nitrogens with two attached hydrogens (primary N) is 1. The summed E-state index contributed by atoms with van der Waals surface area (Å²) in [6.07, 6.45) is 0. The van der Waals surface area contributed by atoms with Crippen molar-refractivity contribution in [2.45, 2.75) is 0 Å². The van der Waals surface area contributed by atoms with E-state index in [4.69, 9.17) is 21.8 Å². The van der Waals surface area contributed by atoms with Gasteiger partial charge in [-0.3, -0.25) is 0 Å². The molecule has 15 heavy (non-hydrogen) atoms. The van der Waals surface area contributed by atoms with Crippen LogP contribution in [0.1, 0.15) is 0 Å². The molecule has 0 aliphatic carbocycles. The average molecular weight is 290 g/mol. The molecule has 2 rings (SSSR count). The van der Waals surface area contributed by atoms with Crippen molar-refractivity contribution in [2.75, 3.05) is 11.1 Å². The molecule has 0 bridgehead atoms. The second kappa shape index (κ2) is 4.08. The van der Waals surface area contributed by atoms with E-state index in [1.54, 1.807) is 12.1 Å². The van der Waals surface area contributed by atoms with E-state index < -0.39 is 0 Å². The molecule has 0 saturated heterocycles. The van der Waals surface area contributed by atoms with Crippen LogP contribution in [0.25, 0.3) is 0 Å². The summed E-state index contributed by atoms with van der Waals surface area (Å²) in [4.78, 5) is 0. The maximum absolute atomic E-state index is 5.84. The van der Waals surface area contributed by atoms with E-state index in [0.29, 0.717) is 5.02 Å². The summed E-state index contributed by atoms with van der Waals surface area (Å²) in [5.74, 6) is 0. The molecule has 0 amide bonds. The van der Waals surface area contributed by atoms with Gasteiger partial charge < -0.3 is 15.5 Å². The van der Waals surface area contributed by atoms with Crippen molar-refractivity contribution in [1.29, 1.82) is 0 Å². The van der Waals surface area contributed by atoms with Crippen LogP contribution in [-0.4, -0.2) is 10.2 Å². The molecule has 5 nitrogen and oxygen atoms in total. The lowest BCUT2D eigenvalue weighted by Crippen LogP contribution is -1.91. The third kappa shape index (κ3) is 2.40. The molecule has 1 aromatic heterocycles. The molecule has 0 saturated carbocycles. The third-order valence-corrected chi connectivity index (χ3v) is 2.54. The first kappa shape index (κ1) is 10.3. The fourth-order valence-electron chi connectivity index (χ4n) is 0.994. The minimum Gasteiger partial charge on any atom is -0.389 e. The van der Waals surface area contributed by atoms with Crippen LogP contribution in [-0.2, 0) is 0 Å². The maximum atomic E-state index is 5.84. The van der Waals surface area contributed by atoms with Crippen LogP contribution >= 0.6 is 27.5 Å². The molecule has 1 heterocycles. The van der Waals surface area contributed by atoms with Gasteiger partial charge in [0, 0.05) is 9.50 Å². The molecule has 0 atom stereocenters. The van der Waals surface area contributed by atoms with Gasteiger partial charge in [-0.25, -0.2) is 0 Å². The summed E-state index contributed by atoms with van der Waals surface area (Å²) in [6.45, 7) is 0. The molecule has 0 aliphatic rings. The van der Waals surface area contributed by atoms with Gasteiger partial charge >= 0.3 is 12.0 Å². The number of rotatable bonds is 2. The molecule has 2 aromatic rings. The van der Waals surface area contributed by atoms with Crippen LogP contribution in [0.3, 0.4) is 0 Å². The second-order valence-corrected chi connectivity index (χ2v) is 3.99. The number of nitrogens with zero attached hydrogens (tertiary/aromatic N) is 2. The molecular formula is C8H6BrClN4O. The highest BCUT2D eigenvalue weighted by Crippen LogP contribution is 2.28. The fraction of sp³-hybridized carbons (Fsp3) is 0. The molecule has 78 valence electrons. The lowest BCUT2D eigenvalue weighted by Gasteiger charge is -2.03. The Hall–Kier alpha value is -1.27. The summed E-state index contributed by atoms with van der Waals surface area (Å²) in [6, 6.07) is 5.53. The number of benzene rings is 1. The molecule has 0 unspecified atom stereocenters. The van der Waals surface area contributed by atoms with Crippen LogP contribution in [0.2, 0.25) is 5.02 Å². The Bertz CT molecular complexity index is 487. The van der Waals surface area contributed by atoms with E-state index in [1.165, 1.54) is 0 Å². The van der Waals surface area contributed by atoms with Gasteiger partial charge in [0.15, 0.2) is 0 Å². The normalized spacial score (nSPS) is 10.3. The quantitative estimate of drug-likeness (QED) is 0.889. The number of nitrogens with one attached hydrogen (secondary N) is 1. The molecule has 7 heteroatoms. The Morgan fingerprint density at radius 2 is 2.20 bits per heavy atom. The van der Waals surface area contributed by atoms with Crippen molar-refractivity contribution in [3.63, 3.8) is 0 Å². The Morgan fingerprint density at radius 3 is 2.87 bits per heavy atom. The third-order valence-electron chi connectivity index (χ3n) is 1.61. The summed E-state index contributed by atoms with van der Waals surface area (Å²) < 4.78 is 5.80. The highest BCUT2D eigenvalue weighted by Gasteiger charge is 2.06. The van der Waals surface area contributed by atoms with Gasteiger partial charge in [0.05, 0.1) is 5.69 Å². The van der Waals surface area contributed by atoms with Gasteiger partial charge in [-0.2, -0.15) is 0 Å². The molecule has 3 N–H and O–H groups in total. The van der Waals surface area contributed by atoms with Crippen molar-refractivity contribution in [3.8, 4) is 0 Å². The van der Waals surface area contributed by atoms with Crippen LogP contribution in [0.4, 0.5) is 17.7 Å². The first-order chi connectivity index (χ1) is 7.15. The highest BCUT2D eigenvalue weighted by atomic mass is 79.9. The summed E-state index contributed by atoms with van der Waals surface area (Å²) >= 11 is 9.19. The molecule has 0 spiro atoms. The lowest BCUT2D eigenvalue weighted by molar-refractivity contribution is 0.593. The van der Waals surface area contributed by atoms with Crippen LogP contribution < -0.4 is 11.1 Å². The molecule has 0 aliphatic heterocycles. The van der Waals surface area contributed by atoms with Gasteiger partial charge in [-0.1, -0.05) is 21.8 Å². The SMILES string of the molecule is Nc1nnc(Nc2cc(Cl)ccc2Br)o1. The largest absolute Gasteiger partial charge is 0.389 e. The predicted octanol–water partition coefficient (Wildman–Crippen LogP) is 2.81. The molecule has 1 aromatic carbocycles. The van der Waals surface area contributed by atoms with Gasteiger partial charge in [-0.05, 0) is 34.1 Å². The lowest BCUT2D eigenvalue weighted by atomic mass is 10.3. The Labute approximate surface area is 98.8 Å². The smallest absolute Gasteiger partial charge is 0.321 e. The van der Waals surface area contributed by atoms with E-state index in [1.807, 2.05) is 6.07 Å². The Morgan fingerprint density at radius 1 is 1.40 bits per heavy atom. The predicted molar refractivity (Wildman–Crippen MR) is 61.1 cm³/mol. The average Bonchev–Trinajstić information content (AvgIpc) is 2.58. The first-order valence-corrected chi connectivity index (χ1v) is 5.13. The van der Waals surface area contributed by atoms with Crippen LogP contribution in [0.5, 0.6) is 0 Å². The van der Waals surface area contributed by atoms with Crippen LogP contribution in [0, 0.1) is 0 Å². The monoisotopic (exact) mass is 288 g/mol. The number of nitrogen functional groups attached to an aromatic ring is 1. The van der Waals surface area contributed by atoms with Gasteiger partial charge in [0.25, 0.3) is 0 Å². The first-order valence-electron chi connectivity index (χ1n) is 3.96. The van der Waals surface area contributed by atoms with Crippen molar-refractivity contribution >= 4 is 45.2 Å². The Kier molecular flexibility index (Phi) is 2.79. The summed E-state index contributed by atoms with van der Waals surface area (Å²) in [5.41, 5.74) is 6.01. The van der Waals surface area contributed by atoms with Gasteiger partial charge in [0.2, 0.25) is 0 Å². The van der Waals surface area contributed by atoms with E-state index in [2.05, 4.69) is 31.4 Å². The highest BCUT2D eigenvalue weighted by molar-refractivity contribution is 9.10. The summed E-state index contributed by atoms with van der Waals surface area (Å²) in [5, 5.41) is 10.7. The van der Waals surface area contributed by atoms with Crippen molar-refractivity contribution in [1.82, 2.24) is 10.2 Å². The zero-order valence-electron chi connectivity index (χ0n) is 7.37. The second-order valence-electron chi connectivity index (χ2n) is 2.69. The minimum absolute atomic E-state index is 0.00986. The Balaban J connectivity index is 2.27. The number of aromatic nitrogens is 2. The fourth-order valence-corrected chi connectivity index (χ4v) is 1.51. The molecule has 0 radical (unpaired) electrons. The molecule has 0 fully saturated rings. The van der Waals surface area contributed by atoms with Crippen molar-refractivity contribution in [3.05, 3.63) is 27.7 Å². The van der Waals surface area contributed by atoms with E-state index in [-0.39, 0.29) is 12.0 Å². The standard InChI is InChI=1S/C8H6BrClN4O/c9-5-2-1-4(10)3-6(5)12-8-14-13-7(11)15-8/h1-3H,(H2,11,13)(H,12,14). The van der Waals surface area contributed by atoms with E-state index in [9.17, 15) is 0 Å². The number of anilines is 3. The zero-order chi connectivity index (χ0) is 10.8. The van der Waals surface area contributed by atoms with Gasteiger partial charge in [0.1, 0.15) is 0 Å². The number of hydrogen-bond donors (Lipinski definition) is 2. The minimum atomic E-state index is 0.00986. The van der Waals surface area contributed by atoms with Gasteiger partial charge in [-0.15, -0.1) is 0 Å². The number of hydrogen-bond acceptors (Lipinski definition) is 5. The van der Waals surface area contributed by atoms with Crippen molar-refractivity contribution < 1.29 is 4.42 Å². The van der Waals surface area contributed by atoms with E-state index >= 15 is 0 Å². The van der Waals surface area contributed by atoms with E-state index in [0.717, 1.165) is 10.2 Å². The zero-order valence-corrected chi connectivity index (χ0v) is 9.71. The van der Waals surface area contributed by atoms with Crippen molar-refractivity contribution in [2.24, 2.45) is 0 Å². The maximum Gasteiger partial charge on any atom is 0.321 e. The number of halogens is 2.